The number of piperidine rings is 1. The van der Waals surface area contributed by atoms with Crippen molar-refractivity contribution in [2.45, 2.75) is 39.3 Å². The van der Waals surface area contributed by atoms with Crippen LogP contribution in [-0.2, 0) is 19.5 Å². The maximum Gasteiger partial charge on any atom is 0.317 e. The first-order valence-corrected chi connectivity index (χ1v) is 10.8. The number of nitrogens with zero attached hydrogens (tertiary/aromatic N) is 3. The van der Waals surface area contributed by atoms with Gasteiger partial charge in [-0.25, -0.2) is 9.78 Å². The van der Waals surface area contributed by atoms with Crippen LogP contribution in [0, 0.1) is 12.8 Å². The second kappa shape index (κ2) is 9.61. The lowest BCUT2D eigenvalue weighted by molar-refractivity contribution is 0.164. The Balaban J connectivity index is 1.36. The van der Waals surface area contributed by atoms with Crippen LogP contribution in [-0.4, -0.2) is 33.6 Å². The number of amides is 2. The van der Waals surface area contributed by atoms with E-state index in [2.05, 4.69) is 41.1 Å². The molecule has 1 aliphatic rings. The van der Waals surface area contributed by atoms with E-state index in [-0.39, 0.29) is 6.03 Å². The third-order valence-corrected chi connectivity index (χ3v) is 5.89. The van der Waals surface area contributed by atoms with Gasteiger partial charge in [0.05, 0.1) is 0 Å². The molecule has 2 aromatic carbocycles. The van der Waals surface area contributed by atoms with E-state index < -0.39 is 0 Å². The molecule has 1 N–H and O–H groups in total. The van der Waals surface area contributed by atoms with Crippen LogP contribution in [0.2, 0.25) is 0 Å². The molecule has 5 heteroatoms. The first-order chi connectivity index (χ1) is 14.7. The number of hydrogen-bond donors (Lipinski definition) is 1. The lowest BCUT2D eigenvalue weighted by Crippen LogP contribution is -2.45. The van der Waals surface area contributed by atoms with Gasteiger partial charge in [-0.05, 0) is 36.8 Å². The van der Waals surface area contributed by atoms with Crippen LogP contribution < -0.4 is 5.32 Å². The molecule has 30 heavy (non-hydrogen) atoms. The van der Waals surface area contributed by atoms with Crippen LogP contribution >= 0.6 is 0 Å². The van der Waals surface area contributed by atoms with Gasteiger partial charge in [0.2, 0.25) is 0 Å². The molecule has 0 saturated carbocycles. The van der Waals surface area contributed by atoms with Gasteiger partial charge in [-0.3, -0.25) is 0 Å². The standard InChI is InChI=1S/C25H30N4O/c1-20-16-26-24(29(20)19-22-11-6-3-7-12-22)15-23-13-8-14-28(18-23)25(30)27-17-21-9-4-2-5-10-21/h2-7,9-12,16,23H,8,13-15,17-19H2,1H3,(H,27,30). The third kappa shape index (κ3) is 5.09. The van der Waals surface area contributed by atoms with E-state index in [0.29, 0.717) is 12.5 Å². The van der Waals surface area contributed by atoms with E-state index in [1.54, 1.807) is 0 Å². The summed E-state index contributed by atoms with van der Waals surface area (Å²) in [6.45, 7) is 5.15. The molecule has 1 fully saturated rings. The fourth-order valence-corrected chi connectivity index (χ4v) is 4.22. The Kier molecular flexibility index (Phi) is 6.47. The summed E-state index contributed by atoms with van der Waals surface area (Å²) < 4.78 is 2.31. The number of aromatic nitrogens is 2. The molecule has 0 spiro atoms. The Morgan fingerprint density at radius 1 is 1.07 bits per heavy atom. The maximum absolute atomic E-state index is 12.7. The summed E-state index contributed by atoms with van der Waals surface area (Å²) >= 11 is 0. The van der Waals surface area contributed by atoms with Crippen molar-refractivity contribution in [1.82, 2.24) is 19.8 Å². The zero-order valence-corrected chi connectivity index (χ0v) is 17.6. The zero-order chi connectivity index (χ0) is 20.8. The molecule has 156 valence electrons. The molecular weight excluding hydrogens is 372 g/mol. The van der Waals surface area contributed by atoms with Gasteiger partial charge in [0.15, 0.2) is 0 Å². The molecule has 1 atom stereocenters. The lowest BCUT2D eigenvalue weighted by atomic mass is 9.94. The Morgan fingerprint density at radius 3 is 2.50 bits per heavy atom. The number of carbonyl (C=O) groups excluding carboxylic acids is 1. The van der Waals surface area contributed by atoms with Gasteiger partial charge >= 0.3 is 6.03 Å². The van der Waals surface area contributed by atoms with Gasteiger partial charge in [-0.2, -0.15) is 0 Å². The predicted molar refractivity (Wildman–Crippen MR) is 119 cm³/mol. The number of benzene rings is 2. The van der Waals surface area contributed by atoms with Gasteiger partial charge in [-0.1, -0.05) is 60.7 Å². The molecule has 2 heterocycles. The summed E-state index contributed by atoms with van der Waals surface area (Å²) in [7, 11) is 0. The minimum absolute atomic E-state index is 0.0346. The van der Waals surface area contributed by atoms with Crippen molar-refractivity contribution >= 4 is 6.03 Å². The van der Waals surface area contributed by atoms with Crippen molar-refractivity contribution in [3.63, 3.8) is 0 Å². The topological polar surface area (TPSA) is 50.2 Å². The van der Waals surface area contributed by atoms with Crippen LogP contribution in [0.1, 0.15) is 35.5 Å². The molecule has 1 aromatic heterocycles. The quantitative estimate of drug-likeness (QED) is 0.664. The molecule has 5 nitrogen and oxygen atoms in total. The van der Waals surface area contributed by atoms with E-state index in [0.717, 1.165) is 50.3 Å². The van der Waals surface area contributed by atoms with E-state index in [1.807, 2.05) is 47.5 Å². The molecule has 1 saturated heterocycles. The van der Waals surface area contributed by atoms with Crippen molar-refractivity contribution in [2.75, 3.05) is 13.1 Å². The summed E-state index contributed by atoms with van der Waals surface area (Å²) in [6.07, 6.45) is 5.05. The minimum atomic E-state index is 0.0346. The molecule has 0 aliphatic carbocycles. The lowest BCUT2D eigenvalue weighted by Gasteiger charge is -2.33. The number of hydrogen-bond acceptors (Lipinski definition) is 2. The number of rotatable bonds is 6. The molecule has 1 aliphatic heterocycles. The van der Waals surface area contributed by atoms with E-state index in [9.17, 15) is 4.79 Å². The van der Waals surface area contributed by atoms with E-state index in [1.165, 1.54) is 11.3 Å². The number of imidazole rings is 1. The maximum atomic E-state index is 12.7. The highest BCUT2D eigenvalue weighted by Crippen LogP contribution is 2.22. The van der Waals surface area contributed by atoms with Gasteiger partial charge < -0.3 is 14.8 Å². The first-order valence-electron chi connectivity index (χ1n) is 10.8. The summed E-state index contributed by atoms with van der Waals surface area (Å²) in [5.74, 6) is 1.56. The highest BCUT2D eigenvalue weighted by atomic mass is 16.2. The molecule has 0 bridgehead atoms. The van der Waals surface area contributed by atoms with E-state index >= 15 is 0 Å². The highest BCUT2D eigenvalue weighted by Gasteiger charge is 2.25. The Morgan fingerprint density at radius 2 is 1.77 bits per heavy atom. The molecule has 3 aromatic rings. The molecule has 4 rings (SSSR count). The second-order valence-electron chi connectivity index (χ2n) is 8.19. The fourth-order valence-electron chi connectivity index (χ4n) is 4.22. The zero-order valence-electron chi connectivity index (χ0n) is 17.6. The summed E-state index contributed by atoms with van der Waals surface area (Å²) in [5, 5.41) is 3.07. The van der Waals surface area contributed by atoms with Crippen molar-refractivity contribution in [1.29, 1.82) is 0 Å². The number of aryl methyl sites for hydroxylation is 1. The van der Waals surface area contributed by atoms with Crippen molar-refractivity contribution in [3.8, 4) is 0 Å². The van der Waals surface area contributed by atoms with Gasteiger partial charge in [-0.15, -0.1) is 0 Å². The Hall–Kier alpha value is -3.08. The number of carbonyl (C=O) groups is 1. The van der Waals surface area contributed by atoms with E-state index in [4.69, 9.17) is 4.98 Å². The highest BCUT2D eigenvalue weighted by molar-refractivity contribution is 5.74. The van der Waals surface area contributed by atoms with Crippen LogP contribution in [0.15, 0.2) is 66.9 Å². The summed E-state index contributed by atoms with van der Waals surface area (Å²) in [6, 6.07) is 20.6. The molecule has 0 radical (unpaired) electrons. The predicted octanol–water partition coefficient (Wildman–Crippen LogP) is 4.40. The summed E-state index contributed by atoms with van der Waals surface area (Å²) in [5.41, 5.74) is 3.59. The molecule has 2 amide bonds. The third-order valence-electron chi connectivity index (χ3n) is 5.89. The summed E-state index contributed by atoms with van der Waals surface area (Å²) in [4.78, 5) is 19.3. The van der Waals surface area contributed by atoms with Crippen LogP contribution in [0.3, 0.4) is 0 Å². The van der Waals surface area contributed by atoms with Crippen molar-refractivity contribution in [2.24, 2.45) is 5.92 Å². The average molecular weight is 403 g/mol. The molecular formula is C25H30N4O. The van der Waals surface area contributed by atoms with Gasteiger partial charge in [0.25, 0.3) is 0 Å². The largest absolute Gasteiger partial charge is 0.334 e. The van der Waals surface area contributed by atoms with Crippen molar-refractivity contribution in [3.05, 3.63) is 89.5 Å². The second-order valence-corrected chi connectivity index (χ2v) is 8.19. The normalized spacial score (nSPS) is 16.4. The van der Waals surface area contributed by atoms with Crippen LogP contribution in [0.5, 0.6) is 0 Å². The Labute approximate surface area is 178 Å². The Bertz CT molecular complexity index is 952. The number of likely N-dealkylation sites (tertiary alicyclic amines) is 1. The van der Waals surface area contributed by atoms with Gasteiger partial charge in [0, 0.05) is 44.5 Å². The number of urea groups is 1. The van der Waals surface area contributed by atoms with Crippen molar-refractivity contribution < 1.29 is 4.79 Å². The smallest absolute Gasteiger partial charge is 0.317 e. The molecule has 1 unspecified atom stereocenters. The first kappa shape index (κ1) is 20.2. The van der Waals surface area contributed by atoms with Crippen LogP contribution in [0.25, 0.3) is 0 Å². The SMILES string of the molecule is Cc1cnc(CC2CCCN(C(=O)NCc3ccccc3)C2)n1Cc1ccccc1. The van der Waals surface area contributed by atoms with Gasteiger partial charge in [0.1, 0.15) is 5.82 Å². The fraction of sp³-hybridized carbons (Fsp3) is 0.360. The minimum Gasteiger partial charge on any atom is -0.334 e. The van der Waals surface area contributed by atoms with Crippen LogP contribution in [0.4, 0.5) is 4.79 Å². The average Bonchev–Trinajstić information content (AvgIpc) is 3.12. The monoisotopic (exact) mass is 402 g/mol. The number of nitrogens with one attached hydrogen (secondary N) is 1.